The number of ketones is 1. The van der Waals surface area contributed by atoms with Crippen molar-refractivity contribution in [1.82, 2.24) is 0 Å². The maximum Gasteiger partial charge on any atom is 0.308 e. The summed E-state index contributed by atoms with van der Waals surface area (Å²) in [6, 6.07) is 6.97. The maximum absolute atomic E-state index is 12.3. The van der Waals surface area contributed by atoms with E-state index in [0.29, 0.717) is 43.0 Å². The Hall–Kier alpha value is -3.00. The fourth-order valence-corrected chi connectivity index (χ4v) is 2.95. The zero-order chi connectivity index (χ0) is 25.3. The minimum Gasteiger partial charge on any atom is -0.467 e. The molecule has 0 aliphatic rings. The van der Waals surface area contributed by atoms with Crippen molar-refractivity contribution in [2.75, 3.05) is 20.3 Å². The van der Waals surface area contributed by atoms with Gasteiger partial charge in [0, 0.05) is 51.2 Å². The minimum atomic E-state index is -0.423. The third-order valence-corrected chi connectivity index (χ3v) is 4.43. The van der Waals surface area contributed by atoms with Crippen LogP contribution in [0.25, 0.3) is 0 Å². The van der Waals surface area contributed by atoms with Gasteiger partial charge in [0.2, 0.25) is 0 Å². The smallest absolute Gasteiger partial charge is 0.308 e. The molecule has 8 heteroatoms. The van der Waals surface area contributed by atoms with Crippen LogP contribution in [0.2, 0.25) is 0 Å². The molecule has 0 aliphatic carbocycles. The van der Waals surface area contributed by atoms with Crippen LogP contribution < -0.4 is 4.74 Å². The van der Waals surface area contributed by atoms with E-state index in [-0.39, 0.29) is 24.8 Å². The Kier molecular flexibility index (Phi) is 15.1. The van der Waals surface area contributed by atoms with Gasteiger partial charge in [-0.15, -0.1) is 0 Å². The van der Waals surface area contributed by atoms with Gasteiger partial charge in [-0.2, -0.15) is 0 Å². The molecule has 1 unspecified atom stereocenters. The summed E-state index contributed by atoms with van der Waals surface area (Å²) in [6.07, 6.45) is 2.76. The number of benzene rings is 1. The third kappa shape index (κ3) is 14.6. The quantitative estimate of drug-likeness (QED) is 0.175. The van der Waals surface area contributed by atoms with Gasteiger partial charge >= 0.3 is 11.9 Å². The van der Waals surface area contributed by atoms with Crippen molar-refractivity contribution in [3.63, 3.8) is 0 Å². The number of para-hydroxylation sites is 1. The number of carbonyl (C=O) groups is 4. The van der Waals surface area contributed by atoms with Crippen LogP contribution in [0.4, 0.5) is 0 Å². The third-order valence-electron chi connectivity index (χ3n) is 4.43. The lowest BCUT2D eigenvalue weighted by Crippen LogP contribution is -2.29. The second-order valence-corrected chi connectivity index (χ2v) is 7.95. The van der Waals surface area contributed by atoms with Crippen molar-refractivity contribution in [1.29, 1.82) is 0 Å². The van der Waals surface area contributed by atoms with Gasteiger partial charge in [0.1, 0.15) is 17.3 Å². The summed E-state index contributed by atoms with van der Waals surface area (Å²) in [5.74, 6) is 0.275. The summed E-state index contributed by atoms with van der Waals surface area (Å²) in [4.78, 5) is 44.0. The highest BCUT2D eigenvalue weighted by atomic mass is 16.5. The van der Waals surface area contributed by atoms with Gasteiger partial charge in [-0.25, -0.2) is 0 Å². The van der Waals surface area contributed by atoms with Gasteiger partial charge < -0.3 is 18.9 Å². The van der Waals surface area contributed by atoms with E-state index in [0.717, 1.165) is 12.8 Å². The molecule has 1 rings (SSSR count). The van der Waals surface area contributed by atoms with Crippen molar-refractivity contribution in [2.45, 2.75) is 59.8 Å². The van der Waals surface area contributed by atoms with Crippen LogP contribution in [-0.2, 0) is 39.8 Å². The van der Waals surface area contributed by atoms with Gasteiger partial charge in [0.25, 0.3) is 6.47 Å². The number of allylic oxidation sites excluding steroid dienone is 1. The first-order valence-corrected chi connectivity index (χ1v) is 10.7. The van der Waals surface area contributed by atoms with Crippen LogP contribution in [-0.4, -0.2) is 44.5 Å². The van der Waals surface area contributed by atoms with Gasteiger partial charge in [-0.1, -0.05) is 38.6 Å². The number of hydrogen-bond acceptors (Lipinski definition) is 8. The maximum atomic E-state index is 12.3. The van der Waals surface area contributed by atoms with Gasteiger partial charge in [-0.3, -0.25) is 19.2 Å². The number of ether oxygens (including phenoxy) is 4. The molecule has 0 N–H and O–H groups in total. The standard InChI is InChI=1S/C18H24O6.C7H12O2/c1-14(20)24-17-7-5-4-6-15(17)10-16(21)8-9-18(2,11-22-3)12-23-13-19;1-4-5-6(2)9-7(3)8/h4-7,13H,8-12H2,1-3H3;2,4-5H2,1,3H3. The van der Waals surface area contributed by atoms with Crippen LogP contribution >= 0.6 is 0 Å². The average Bonchev–Trinajstić information content (AvgIpc) is 2.72. The molecule has 0 aliphatic heterocycles. The van der Waals surface area contributed by atoms with Gasteiger partial charge in [0.05, 0.1) is 13.2 Å². The topological polar surface area (TPSA) is 105 Å². The molecule has 184 valence electrons. The summed E-state index contributed by atoms with van der Waals surface area (Å²) >= 11 is 0. The van der Waals surface area contributed by atoms with E-state index in [4.69, 9.17) is 14.2 Å². The zero-order valence-corrected chi connectivity index (χ0v) is 20.3. The van der Waals surface area contributed by atoms with E-state index in [1.165, 1.54) is 13.8 Å². The first kappa shape index (κ1) is 30.0. The fourth-order valence-electron chi connectivity index (χ4n) is 2.95. The van der Waals surface area contributed by atoms with E-state index in [1.54, 1.807) is 31.4 Å². The van der Waals surface area contributed by atoms with Crippen LogP contribution in [0.5, 0.6) is 5.75 Å². The Morgan fingerprint density at radius 3 is 2.27 bits per heavy atom. The number of rotatable bonds is 14. The summed E-state index contributed by atoms with van der Waals surface area (Å²) in [5.41, 5.74) is 0.260. The molecule has 0 heterocycles. The van der Waals surface area contributed by atoms with Crippen LogP contribution in [0.3, 0.4) is 0 Å². The molecule has 8 nitrogen and oxygen atoms in total. The number of esters is 2. The molecular formula is C25H36O8. The number of Topliss-reactive ketones (excluding diaryl/α,β-unsaturated/α-hetero) is 1. The van der Waals surface area contributed by atoms with Crippen molar-refractivity contribution in [2.24, 2.45) is 5.41 Å². The van der Waals surface area contributed by atoms with E-state index in [9.17, 15) is 19.2 Å². The van der Waals surface area contributed by atoms with Crippen LogP contribution in [0.15, 0.2) is 36.6 Å². The number of carbonyl (C=O) groups excluding carboxylic acids is 4. The number of hydrogen-bond donors (Lipinski definition) is 0. The summed E-state index contributed by atoms with van der Waals surface area (Å²) in [7, 11) is 1.57. The molecule has 1 aromatic rings. The molecule has 0 radical (unpaired) electrons. The van der Waals surface area contributed by atoms with E-state index in [2.05, 4.69) is 11.3 Å². The second kappa shape index (κ2) is 16.6. The van der Waals surface area contributed by atoms with E-state index >= 15 is 0 Å². The predicted molar refractivity (Wildman–Crippen MR) is 124 cm³/mol. The molecule has 0 bridgehead atoms. The number of methoxy groups -OCH3 is 1. The second-order valence-electron chi connectivity index (χ2n) is 7.95. The molecule has 1 atom stereocenters. The molecule has 0 fully saturated rings. The Labute approximate surface area is 196 Å². The van der Waals surface area contributed by atoms with Gasteiger partial charge in [-0.05, 0) is 18.9 Å². The fraction of sp³-hybridized carbons (Fsp3) is 0.520. The van der Waals surface area contributed by atoms with Crippen LogP contribution in [0, 0.1) is 5.41 Å². The first-order valence-electron chi connectivity index (χ1n) is 10.7. The highest BCUT2D eigenvalue weighted by Gasteiger charge is 2.26. The highest BCUT2D eigenvalue weighted by molar-refractivity contribution is 5.82. The molecule has 0 spiro atoms. The first-order chi connectivity index (χ1) is 15.6. The summed E-state index contributed by atoms with van der Waals surface area (Å²) < 4.78 is 19.8. The molecule has 33 heavy (non-hydrogen) atoms. The summed E-state index contributed by atoms with van der Waals surface area (Å²) in [6.45, 7) is 11.1. The molecule has 0 saturated heterocycles. The van der Waals surface area contributed by atoms with Crippen LogP contribution in [0.1, 0.15) is 58.9 Å². The van der Waals surface area contributed by atoms with Gasteiger partial charge in [0.15, 0.2) is 0 Å². The Bertz CT molecular complexity index is 786. The van der Waals surface area contributed by atoms with Crippen molar-refractivity contribution >= 4 is 24.2 Å². The SMILES string of the molecule is C=C(CCC)OC(C)=O.COCC(C)(CCC(=O)Cc1ccccc1OC(C)=O)COC=O. The molecule has 0 saturated carbocycles. The minimum absolute atomic E-state index is 0.0167. The lowest BCUT2D eigenvalue weighted by Gasteiger charge is -2.27. The Balaban J connectivity index is 0.000000960. The molecule has 0 amide bonds. The van der Waals surface area contributed by atoms with Crippen molar-refractivity contribution in [3.8, 4) is 5.75 Å². The average molecular weight is 465 g/mol. The Morgan fingerprint density at radius 2 is 1.73 bits per heavy atom. The zero-order valence-electron chi connectivity index (χ0n) is 20.3. The monoisotopic (exact) mass is 464 g/mol. The largest absolute Gasteiger partial charge is 0.467 e. The van der Waals surface area contributed by atoms with E-state index < -0.39 is 11.4 Å². The van der Waals surface area contributed by atoms with Crippen molar-refractivity contribution in [3.05, 3.63) is 42.2 Å². The lowest BCUT2D eigenvalue weighted by atomic mass is 9.85. The molecule has 0 aromatic heterocycles. The Morgan fingerprint density at radius 1 is 1.06 bits per heavy atom. The highest BCUT2D eigenvalue weighted by Crippen LogP contribution is 2.26. The summed E-state index contributed by atoms with van der Waals surface area (Å²) in [5, 5.41) is 0. The molecular weight excluding hydrogens is 428 g/mol. The molecule has 1 aromatic carbocycles. The van der Waals surface area contributed by atoms with Crippen molar-refractivity contribution < 1.29 is 38.1 Å². The normalized spacial score (nSPS) is 11.8. The lowest BCUT2D eigenvalue weighted by molar-refractivity contribution is -0.137. The van der Waals surface area contributed by atoms with E-state index in [1.807, 2.05) is 13.8 Å². The predicted octanol–water partition coefficient (Wildman–Crippen LogP) is 4.19.